The molecule has 0 aliphatic carbocycles. The van der Waals surface area contributed by atoms with Crippen LogP contribution in [-0.4, -0.2) is 4.98 Å². The third kappa shape index (κ3) is 5.28. The molecule has 1 heterocycles. The minimum Gasteiger partial charge on any atom is -0.489 e. The van der Waals surface area contributed by atoms with Gasteiger partial charge in [0.25, 0.3) is 0 Å². The summed E-state index contributed by atoms with van der Waals surface area (Å²) in [5, 5.41) is 3.76. The SMILES string of the molecule is Fc1ccc(COc2cccc(CNCc3ccncc3)c2)c(Cl)c1. The van der Waals surface area contributed by atoms with E-state index in [2.05, 4.69) is 10.3 Å². The van der Waals surface area contributed by atoms with Gasteiger partial charge in [0.15, 0.2) is 0 Å². The molecule has 0 atom stereocenters. The predicted molar refractivity (Wildman–Crippen MR) is 97.0 cm³/mol. The van der Waals surface area contributed by atoms with Gasteiger partial charge in [-0.1, -0.05) is 29.8 Å². The first-order chi connectivity index (χ1) is 12.2. The maximum atomic E-state index is 13.1. The van der Waals surface area contributed by atoms with Crippen LogP contribution in [0.2, 0.25) is 5.02 Å². The van der Waals surface area contributed by atoms with Crippen LogP contribution in [0.4, 0.5) is 4.39 Å². The van der Waals surface area contributed by atoms with Crippen LogP contribution in [0.15, 0.2) is 67.0 Å². The van der Waals surface area contributed by atoms with Gasteiger partial charge in [-0.3, -0.25) is 4.98 Å². The number of rotatable bonds is 7. The highest BCUT2D eigenvalue weighted by molar-refractivity contribution is 6.31. The average molecular weight is 357 g/mol. The zero-order valence-corrected chi connectivity index (χ0v) is 14.3. The number of pyridine rings is 1. The number of hydrogen-bond acceptors (Lipinski definition) is 3. The van der Waals surface area contributed by atoms with Crippen LogP contribution in [0.1, 0.15) is 16.7 Å². The van der Waals surface area contributed by atoms with Crippen LogP contribution in [-0.2, 0) is 19.7 Å². The molecule has 0 saturated heterocycles. The zero-order valence-electron chi connectivity index (χ0n) is 13.6. The van der Waals surface area contributed by atoms with Crippen molar-refractivity contribution in [3.05, 3.63) is 94.5 Å². The molecule has 1 N–H and O–H groups in total. The van der Waals surface area contributed by atoms with Crippen LogP contribution in [0.3, 0.4) is 0 Å². The Balaban J connectivity index is 1.54. The van der Waals surface area contributed by atoms with Crippen molar-refractivity contribution in [3.63, 3.8) is 0 Å². The second-order valence-electron chi connectivity index (χ2n) is 5.63. The molecular formula is C20H18ClFN2O. The van der Waals surface area contributed by atoms with Gasteiger partial charge in [-0.05, 0) is 47.5 Å². The quantitative estimate of drug-likeness (QED) is 0.663. The Labute approximate surface area is 151 Å². The normalized spacial score (nSPS) is 10.6. The van der Waals surface area contributed by atoms with Crippen molar-refractivity contribution in [2.45, 2.75) is 19.7 Å². The van der Waals surface area contributed by atoms with E-state index in [4.69, 9.17) is 16.3 Å². The second kappa shape index (κ2) is 8.60. The fourth-order valence-corrected chi connectivity index (χ4v) is 2.62. The molecule has 3 aromatic rings. The lowest BCUT2D eigenvalue weighted by molar-refractivity contribution is 0.306. The van der Waals surface area contributed by atoms with E-state index in [0.29, 0.717) is 11.6 Å². The van der Waals surface area contributed by atoms with Gasteiger partial charge in [0.1, 0.15) is 18.2 Å². The first-order valence-electron chi connectivity index (χ1n) is 7.96. The maximum absolute atomic E-state index is 13.1. The summed E-state index contributed by atoms with van der Waals surface area (Å²) in [6.07, 6.45) is 3.57. The van der Waals surface area contributed by atoms with E-state index < -0.39 is 0 Å². The van der Waals surface area contributed by atoms with E-state index in [9.17, 15) is 4.39 Å². The molecule has 3 nitrogen and oxygen atoms in total. The highest BCUT2D eigenvalue weighted by Gasteiger charge is 2.04. The molecule has 128 valence electrons. The van der Waals surface area contributed by atoms with Crippen LogP contribution < -0.4 is 10.1 Å². The fraction of sp³-hybridized carbons (Fsp3) is 0.150. The summed E-state index contributed by atoms with van der Waals surface area (Å²) in [6.45, 7) is 1.81. The van der Waals surface area contributed by atoms with E-state index in [1.165, 1.54) is 17.7 Å². The van der Waals surface area contributed by atoms with Crippen molar-refractivity contribution in [1.29, 1.82) is 0 Å². The van der Waals surface area contributed by atoms with E-state index in [-0.39, 0.29) is 5.82 Å². The number of hydrogen-bond donors (Lipinski definition) is 1. The highest BCUT2D eigenvalue weighted by atomic mass is 35.5. The molecule has 0 unspecified atom stereocenters. The lowest BCUT2D eigenvalue weighted by atomic mass is 10.2. The second-order valence-corrected chi connectivity index (χ2v) is 6.04. The Morgan fingerprint density at radius 1 is 0.960 bits per heavy atom. The molecule has 3 rings (SSSR count). The van der Waals surface area contributed by atoms with Crippen LogP contribution in [0.5, 0.6) is 5.75 Å². The van der Waals surface area contributed by atoms with Gasteiger partial charge >= 0.3 is 0 Å². The van der Waals surface area contributed by atoms with Crippen LogP contribution >= 0.6 is 11.6 Å². The lowest BCUT2D eigenvalue weighted by Gasteiger charge is -2.10. The molecule has 0 radical (unpaired) electrons. The molecule has 1 aromatic heterocycles. The fourth-order valence-electron chi connectivity index (χ4n) is 2.40. The van der Waals surface area contributed by atoms with E-state index in [0.717, 1.165) is 30.0 Å². The Morgan fingerprint density at radius 2 is 1.76 bits per heavy atom. The largest absolute Gasteiger partial charge is 0.489 e. The number of aromatic nitrogens is 1. The molecule has 5 heteroatoms. The summed E-state index contributed by atoms with van der Waals surface area (Å²) in [6, 6.07) is 16.1. The van der Waals surface area contributed by atoms with Gasteiger partial charge < -0.3 is 10.1 Å². The smallest absolute Gasteiger partial charge is 0.124 e. The first kappa shape index (κ1) is 17.4. The van der Waals surface area contributed by atoms with Crippen molar-refractivity contribution < 1.29 is 9.13 Å². The summed E-state index contributed by atoms with van der Waals surface area (Å²) in [5.41, 5.74) is 3.06. The van der Waals surface area contributed by atoms with Gasteiger partial charge in [0, 0.05) is 31.0 Å². The zero-order chi connectivity index (χ0) is 17.5. The Hall–Kier alpha value is -2.43. The topological polar surface area (TPSA) is 34.1 Å². The molecule has 0 spiro atoms. The van der Waals surface area contributed by atoms with Gasteiger partial charge in [0.05, 0.1) is 5.02 Å². The minimum absolute atomic E-state index is 0.299. The standard InChI is InChI=1S/C20H18ClFN2O/c21-20-11-18(22)5-4-17(20)14-25-19-3-1-2-16(10-19)13-24-12-15-6-8-23-9-7-15/h1-11,24H,12-14H2. The van der Waals surface area contributed by atoms with Crippen molar-refractivity contribution in [1.82, 2.24) is 10.3 Å². The highest BCUT2D eigenvalue weighted by Crippen LogP contribution is 2.20. The van der Waals surface area contributed by atoms with Crippen molar-refractivity contribution >= 4 is 11.6 Å². The van der Waals surface area contributed by atoms with Crippen molar-refractivity contribution in [2.24, 2.45) is 0 Å². The summed E-state index contributed by atoms with van der Waals surface area (Å²) in [4.78, 5) is 4.01. The average Bonchev–Trinajstić information content (AvgIpc) is 2.62. The van der Waals surface area contributed by atoms with Gasteiger partial charge in [-0.25, -0.2) is 4.39 Å². The van der Waals surface area contributed by atoms with Crippen molar-refractivity contribution in [2.75, 3.05) is 0 Å². The van der Waals surface area contributed by atoms with Crippen LogP contribution in [0.25, 0.3) is 0 Å². The summed E-state index contributed by atoms with van der Waals surface area (Å²) < 4.78 is 18.8. The van der Waals surface area contributed by atoms with E-state index in [1.807, 2.05) is 36.4 Å². The maximum Gasteiger partial charge on any atom is 0.124 e. The molecule has 0 amide bonds. The molecule has 25 heavy (non-hydrogen) atoms. The number of benzene rings is 2. The lowest BCUT2D eigenvalue weighted by Crippen LogP contribution is -2.12. The number of ether oxygens (including phenoxy) is 1. The minimum atomic E-state index is -0.351. The monoisotopic (exact) mass is 356 g/mol. The van der Waals surface area contributed by atoms with E-state index in [1.54, 1.807) is 18.5 Å². The van der Waals surface area contributed by atoms with Gasteiger partial charge in [0.2, 0.25) is 0 Å². The summed E-state index contributed by atoms with van der Waals surface area (Å²) in [7, 11) is 0. The first-order valence-corrected chi connectivity index (χ1v) is 8.34. The number of halogens is 2. The van der Waals surface area contributed by atoms with Crippen molar-refractivity contribution in [3.8, 4) is 5.75 Å². The molecule has 0 bridgehead atoms. The molecule has 0 fully saturated rings. The van der Waals surface area contributed by atoms with Gasteiger partial charge in [-0.2, -0.15) is 0 Å². The molecular weight excluding hydrogens is 339 g/mol. The molecule has 0 aliphatic heterocycles. The molecule has 0 aliphatic rings. The third-order valence-corrected chi connectivity index (χ3v) is 4.07. The Bertz CT molecular complexity index is 827. The molecule has 2 aromatic carbocycles. The van der Waals surface area contributed by atoms with E-state index >= 15 is 0 Å². The summed E-state index contributed by atoms with van der Waals surface area (Å²) in [5.74, 6) is 0.402. The number of nitrogens with zero attached hydrogens (tertiary/aromatic N) is 1. The third-order valence-electron chi connectivity index (χ3n) is 3.72. The summed E-state index contributed by atoms with van der Waals surface area (Å²) >= 11 is 6.02. The Morgan fingerprint density at radius 3 is 2.56 bits per heavy atom. The Kier molecular flexibility index (Phi) is 5.99. The van der Waals surface area contributed by atoms with Crippen LogP contribution in [0, 0.1) is 5.82 Å². The molecule has 0 saturated carbocycles. The predicted octanol–water partition coefficient (Wildman–Crippen LogP) is 4.74. The van der Waals surface area contributed by atoms with Gasteiger partial charge in [-0.15, -0.1) is 0 Å². The number of nitrogens with one attached hydrogen (secondary N) is 1.